The molecular formula is C11H15NO. The van der Waals surface area contributed by atoms with E-state index in [2.05, 4.69) is 11.5 Å². The van der Waals surface area contributed by atoms with Crippen molar-refractivity contribution in [1.29, 1.82) is 0 Å². The summed E-state index contributed by atoms with van der Waals surface area (Å²) >= 11 is 0. The number of rotatable bonds is 4. The van der Waals surface area contributed by atoms with Gasteiger partial charge in [0, 0.05) is 18.9 Å². The van der Waals surface area contributed by atoms with Crippen LogP contribution in [-0.2, 0) is 11.3 Å². The summed E-state index contributed by atoms with van der Waals surface area (Å²) in [5.74, 6) is 0. The SMILES string of the molecule is CCC(C=O)=Cc1ccn(CC)c1. The van der Waals surface area contributed by atoms with Crippen LogP contribution in [0.5, 0.6) is 0 Å². The van der Waals surface area contributed by atoms with Crippen molar-refractivity contribution >= 4 is 12.4 Å². The molecule has 70 valence electrons. The second-order valence-electron chi connectivity index (χ2n) is 2.97. The van der Waals surface area contributed by atoms with Gasteiger partial charge in [-0.2, -0.15) is 0 Å². The quantitative estimate of drug-likeness (QED) is 0.511. The van der Waals surface area contributed by atoms with Gasteiger partial charge in [-0.1, -0.05) is 6.92 Å². The monoisotopic (exact) mass is 177 g/mol. The number of hydrogen-bond donors (Lipinski definition) is 0. The lowest BCUT2D eigenvalue weighted by atomic mass is 10.1. The summed E-state index contributed by atoms with van der Waals surface area (Å²) in [6, 6.07) is 2.02. The molecule has 0 aliphatic carbocycles. The Kier molecular flexibility index (Phi) is 3.50. The molecule has 0 aliphatic heterocycles. The van der Waals surface area contributed by atoms with Gasteiger partial charge in [0.25, 0.3) is 0 Å². The Morgan fingerprint density at radius 1 is 1.54 bits per heavy atom. The molecular weight excluding hydrogens is 162 g/mol. The number of allylic oxidation sites excluding steroid dienone is 1. The van der Waals surface area contributed by atoms with Crippen LogP contribution in [0.15, 0.2) is 24.0 Å². The minimum Gasteiger partial charge on any atom is -0.354 e. The molecule has 2 heteroatoms. The summed E-state index contributed by atoms with van der Waals surface area (Å²) in [7, 11) is 0. The van der Waals surface area contributed by atoms with E-state index >= 15 is 0 Å². The van der Waals surface area contributed by atoms with Gasteiger partial charge in [-0.05, 0) is 36.6 Å². The highest BCUT2D eigenvalue weighted by molar-refractivity contribution is 5.81. The predicted molar refractivity (Wildman–Crippen MR) is 54.4 cm³/mol. The molecule has 1 aromatic heterocycles. The van der Waals surface area contributed by atoms with Crippen LogP contribution < -0.4 is 0 Å². The third kappa shape index (κ3) is 2.58. The lowest BCUT2D eigenvalue weighted by molar-refractivity contribution is -0.104. The van der Waals surface area contributed by atoms with E-state index < -0.39 is 0 Å². The second-order valence-corrected chi connectivity index (χ2v) is 2.97. The number of aldehydes is 1. The molecule has 0 saturated carbocycles. The van der Waals surface area contributed by atoms with Crippen molar-refractivity contribution in [3.63, 3.8) is 0 Å². The topological polar surface area (TPSA) is 22.0 Å². The zero-order valence-corrected chi connectivity index (χ0v) is 8.16. The van der Waals surface area contributed by atoms with Gasteiger partial charge >= 0.3 is 0 Å². The van der Waals surface area contributed by atoms with E-state index in [0.717, 1.165) is 30.4 Å². The molecule has 0 radical (unpaired) electrons. The van der Waals surface area contributed by atoms with E-state index in [1.54, 1.807) is 0 Å². The number of nitrogens with zero attached hydrogens (tertiary/aromatic N) is 1. The van der Waals surface area contributed by atoms with E-state index in [1.165, 1.54) is 0 Å². The number of hydrogen-bond acceptors (Lipinski definition) is 1. The first kappa shape index (κ1) is 9.78. The van der Waals surface area contributed by atoms with Crippen molar-refractivity contribution in [1.82, 2.24) is 4.57 Å². The standard InChI is InChI=1S/C11H15NO/c1-3-10(9-13)7-11-5-6-12(4-2)8-11/h5-9H,3-4H2,1-2H3. The molecule has 0 N–H and O–H groups in total. The highest BCUT2D eigenvalue weighted by Gasteiger charge is 1.94. The van der Waals surface area contributed by atoms with Gasteiger partial charge in [0.2, 0.25) is 0 Å². The molecule has 0 spiro atoms. The van der Waals surface area contributed by atoms with Gasteiger partial charge in [-0.15, -0.1) is 0 Å². The fraction of sp³-hybridized carbons (Fsp3) is 0.364. The lowest BCUT2D eigenvalue weighted by Crippen LogP contribution is -1.86. The first-order valence-electron chi connectivity index (χ1n) is 4.61. The van der Waals surface area contributed by atoms with Crippen LogP contribution in [0.2, 0.25) is 0 Å². The Labute approximate surface area is 78.9 Å². The van der Waals surface area contributed by atoms with E-state index in [9.17, 15) is 4.79 Å². The average Bonchev–Trinajstić information content (AvgIpc) is 2.61. The number of aromatic nitrogens is 1. The van der Waals surface area contributed by atoms with Gasteiger partial charge < -0.3 is 4.57 Å². The van der Waals surface area contributed by atoms with E-state index in [1.807, 2.05) is 31.5 Å². The maximum Gasteiger partial charge on any atom is 0.146 e. The molecule has 0 amide bonds. The molecule has 2 nitrogen and oxygen atoms in total. The van der Waals surface area contributed by atoms with Gasteiger partial charge in [0.15, 0.2) is 0 Å². The van der Waals surface area contributed by atoms with Crippen LogP contribution in [0.3, 0.4) is 0 Å². The Bertz CT molecular complexity index is 310. The number of carbonyl (C=O) groups is 1. The molecule has 0 atom stereocenters. The normalized spacial score (nSPS) is 11.7. The third-order valence-electron chi connectivity index (χ3n) is 2.05. The van der Waals surface area contributed by atoms with Crippen LogP contribution in [-0.4, -0.2) is 10.9 Å². The smallest absolute Gasteiger partial charge is 0.146 e. The largest absolute Gasteiger partial charge is 0.354 e. The van der Waals surface area contributed by atoms with Crippen molar-refractivity contribution in [3.8, 4) is 0 Å². The molecule has 13 heavy (non-hydrogen) atoms. The Morgan fingerprint density at radius 2 is 2.31 bits per heavy atom. The summed E-state index contributed by atoms with van der Waals surface area (Å²) in [5.41, 5.74) is 1.94. The molecule has 1 rings (SSSR count). The fourth-order valence-electron chi connectivity index (χ4n) is 1.17. The van der Waals surface area contributed by atoms with Gasteiger partial charge in [-0.3, -0.25) is 4.79 Å². The summed E-state index contributed by atoms with van der Waals surface area (Å²) in [4.78, 5) is 10.5. The molecule has 0 bridgehead atoms. The average molecular weight is 177 g/mol. The Balaban J connectivity index is 2.83. The van der Waals surface area contributed by atoms with Crippen LogP contribution >= 0.6 is 0 Å². The van der Waals surface area contributed by atoms with E-state index in [-0.39, 0.29) is 0 Å². The zero-order chi connectivity index (χ0) is 9.68. The highest BCUT2D eigenvalue weighted by atomic mass is 16.1. The molecule has 0 aliphatic rings. The maximum atomic E-state index is 10.5. The predicted octanol–water partition coefficient (Wildman–Crippen LogP) is 2.50. The lowest BCUT2D eigenvalue weighted by Gasteiger charge is -1.93. The maximum absolute atomic E-state index is 10.5. The summed E-state index contributed by atoms with van der Waals surface area (Å²) < 4.78 is 2.09. The summed E-state index contributed by atoms with van der Waals surface area (Å²) in [6.45, 7) is 5.04. The van der Waals surface area contributed by atoms with Crippen molar-refractivity contribution in [2.24, 2.45) is 0 Å². The van der Waals surface area contributed by atoms with E-state index in [0.29, 0.717) is 0 Å². The summed E-state index contributed by atoms with van der Waals surface area (Å²) in [6.07, 6.45) is 7.70. The van der Waals surface area contributed by atoms with Crippen molar-refractivity contribution in [2.45, 2.75) is 26.8 Å². The molecule has 1 heterocycles. The van der Waals surface area contributed by atoms with Gasteiger partial charge in [-0.25, -0.2) is 0 Å². The number of carbonyl (C=O) groups excluding carboxylic acids is 1. The zero-order valence-electron chi connectivity index (χ0n) is 8.16. The molecule has 1 aromatic rings. The van der Waals surface area contributed by atoms with Crippen LogP contribution in [0.4, 0.5) is 0 Å². The first-order valence-corrected chi connectivity index (χ1v) is 4.61. The van der Waals surface area contributed by atoms with Crippen LogP contribution in [0.1, 0.15) is 25.8 Å². The molecule has 0 aromatic carbocycles. The summed E-state index contributed by atoms with van der Waals surface area (Å²) in [5, 5.41) is 0. The highest BCUT2D eigenvalue weighted by Crippen LogP contribution is 2.08. The van der Waals surface area contributed by atoms with Gasteiger partial charge in [0.05, 0.1) is 0 Å². The van der Waals surface area contributed by atoms with Crippen LogP contribution in [0, 0.1) is 0 Å². The molecule has 0 unspecified atom stereocenters. The molecule has 0 fully saturated rings. The van der Waals surface area contributed by atoms with Crippen molar-refractivity contribution < 1.29 is 4.79 Å². The minimum atomic E-state index is 0.792. The molecule has 0 saturated heterocycles. The fourth-order valence-corrected chi connectivity index (χ4v) is 1.17. The second kappa shape index (κ2) is 4.65. The van der Waals surface area contributed by atoms with Crippen molar-refractivity contribution in [3.05, 3.63) is 29.6 Å². The number of aryl methyl sites for hydroxylation is 1. The van der Waals surface area contributed by atoms with Gasteiger partial charge in [0.1, 0.15) is 6.29 Å². The first-order chi connectivity index (χ1) is 6.30. The minimum absolute atomic E-state index is 0.792. The Hall–Kier alpha value is -1.31. The van der Waals surface area contributed by atoms with E-state index in [4.69, 9.17) is 0 Å². The van der Waals surface area contributed by atoms with Crippen molar-refractivity contribution in [2.75, 3.05) is 0 Å². The third-order valence-corrected chi connectivity index (χ3v) is 2.05. The van der Waals surface area contributed by atoms with Crippen LogP contribution in [0.25, 0.3) is 6.08 Å². The Morgan fingerprint density at radius 3 is 2.77 bits per heavy atom.